The number of anilines is 1. The van der Waals surface area contributed by atoms with Crippen molar-refractivity contribution in [3.8, 4) is 5.75 Å². The van der Waals surface area contributed by atoms with Gasteiger partial charge in [-0.3, -0.25) is 0 Å². The topological polar surface area (TPSA) is 35.2 Å². The quantitative estimate of drug-likeness (QED) is 0.674. The summed E-state index contributed by atoms with van der Waals surface area (Å²) in [6, 6.07) is 12.7. The van der Waals surface area contributed by atoms with Crippen molar-refractivity contribution in [1.82, 2.24) is 0 Å². The number of hydrogen-bond donors (Lipinski definition) is 1. The third-order valence-corrected chi connectivity index (χ3v) is 3.65. The van der Waals surface area contributed by atoms with Crippen LogP contribution in [0.15, 0.2) is 47.4 Å². The molecule has 0 aliphatic rings. The van der Waals surface area contributed by atoms with E-state index in [-0.39, 0.29) is 11.5 Å². The smallest absolute Gasteiger partial charge is 0.146 e. The zero-order valence-corrected chi connectivity index (χ0v) is 10.8. The molecule has 0 heterocycles. The lowest BCUT2D eigenvalue weighted by molar-refractivity contribution is 0.405. The van der Waals surface area contributed by atoms with Gasteiger partial charge >= 0.3 is 0 Å². The number of rotatable bonds is 4. The van der Waals surface area contributed by atoms with Crippen LogP contribution in [0, 0.1) is 5.82 Å². The molecule has 0 fully saturated rings. The molecule has 0 atom stereocenters. The summed E-state index contributed by atoms with van der Waals surface area (Å²) in [7, 11) is 1.64. The van der Waals surface area contributed by atoms with Gasteiger partial charge in [-0.15, -0.1) is 11.8 Å². The summed E-state index contributed by atoms with van der Waals surface area (Å²) in [5, 5.41) is 0. The van der Waals surface area contributed by atoms with Gasteiger partial charge in [0, 0.05) is 10.6 Å². The van der Waals surface area contributed by atoms with Crippen LogP contribution in [0.2, 0.25) is 0 Å². The first-order valence-corrected chi connectivity index (χ1v) is 6.49. The fraction of sp³-hybridized carbons (Fsp3) is 0.143. The first kappa shape index (κ1) is 12.8. The van der Waals surface area contributed by atoms with Gasteiger partial charge in [-0.2, -0.15) is 0 Å². The molecule has 0 saturated heterocycles. The van der Waals surface area contributed by atoms with Crippen molar-refractivity contribution in [2.75, 3.05) is 12.8 Å². The lowest BCUT2D eigenvalue weighted by Gasteiger charge is -2.08. The Bertz CT molecular complexity index is 545. The van der Waals surface area contributed by atoms with Crippen molar-refractivity contribution in [1.29, 1.82) is 0 Å². The van der Waals surface area contributed by atoms with Crippen molar-refractivity contribution in [2.24, 2.45) is 0 Å². The summed E-state index contributed by atoms with van der Waals surface area (Å²) in [6.07, 6.45) is 0. The van der Waals surface area contributed by atoms with Gasteiger partial charge in [-0.25, -0.2) is 4.39 Å². The third kappa shape index (κ3) is 2.96. The number of thioether (sulfide) groups is 1. The first-order chi connectivity index (χ1) is 8.70. The highest BCUT2D eigenvalue weighted by molar-refractivity contribution is 7.98. The summed E-state index contributed by atoms with van der Waals surface area (Å²) >= 11 is 1.61. The molecule has 0 bridgehead atoms. The maximum absolute atomic E-state index is 13.3. The van der Waals surface area contributed by atoms with Crippen molar-refractivity contribution < 1.29 is 9.13 Å². The van der Waals surface area contributed by atoms with E-state index in [1.807, 2.05) is 30.3 Å². The molecule has 2 aromatic carbocycles. The zero-order valence-electron chi connectivity index (χ0n) is 10.0. The molecular weight excluding hydrogens is 249 g/mol. The van der Waals surface area contributed by atoms with E-state index < -0.39 is 0 Å². The van der Waals surface area contributed by atoms with E-state index in [4.69, 9.17) is 10.5 Å². The van der Waals surface area contributed by atoms with Gasteiger partial charge in [0.1, 0.15) is 11.6 Å². The lowest BCUT2D eigenvalue weighted by atomic mass is 10.2. The van der Waals surface area contributed by atoms with Crippen molar-refractivity contribution in [3.05, 3.63) is 53.8 Å². The predicted octanol–water partition coefficient (Wildman–Crippen LogP) is 3.71. The molecule has 2 nitrogen and oxygen atoms in total. The lowest BCUT2D eigenvalue weighted by Crippen LogP contribution is -1.92. The number of ether oxygens (including phenoxy) is 1. The van der Waals surface area contributed by atoms with E-state index in [1.54, 1.807) is 24.9 Å². The molecule has 0 aliphatic carbocycles. The average Bonchev–Trinajstić information content (AvgIpc) is 2.40. The molecule has 2 N–H and O–H groups in total. The largest absolute Gasteiger partial charge is 0.496 e. The molecule has 2 rings (SSSR count). The van der Waals surface area contributed by atoms with Gasteiger partial charge in [0.25, 0.3) is 0 Å². The summed E-state index contributed by atoms with van der Waals surface area (Å²) < 4.78 is 18.6. The molecule has 18 heavy (non-hydrogen) atoms. The summed E-state index contributed by atoms with van der Waals surface area (Å²) in [5.41, 5.74) is 6.52. The van der Waals surface area contributed by atoms with Crippen LogP contribution in [0.3, 0.4) is 0 Å². The van der Waals surface area contributed by atoms with Gasteiger partial charge in [0.2, 0.25) is 0 Å². The summed E-state index contributed by atoms with van der Waals surface area (Å²) in [5.74, 6) is 1.14. The molecule has 4 heteroatoms. The number of benzene rings is 2. The van der Waals surface area contributed by atoms with Crippen molar-refractivity contribution in [3.63, 3.8) is 0 Å². The van der Waals surface area contributed by atoms with E-state index in [0.717, 1.165) is 16.2 Å². The van der Waals surface area contributed by atoms with Crippen LogP contribution in [0.1, 0.15) is 5.56 Å². The van der Waals surface area contributed by atoms with Gasteiger partial charge in [0.15, 0.2) is 0 Å². The Labute approximate surface area is 110 Å². The Kier molecular flexibility index (Phi) is 4.10. The second-order valence-electron chi connectivity index (χ2n) is 3.80. The predicted molar refractivity (Wildman–Crippen MR) is 73.4 cm³/mol. The Morgan fingerprint density at radius 2 is 2.00 bits per heavy atom. The van der Waals surface area contributed by atoms with Crippen LogP contribution in [-0.4, -0.2) is 7.11 Å². The van der Waals surface area contributed by atoms with Gasteiger partial charge in [-0.05, 0) is 29.8 Å². The Morgan fingerprint density at radius 1 is 1.22 bits per heavy atom. The van der Waals surface area contributed by atoms with Crippen molar-refractivity contribution in [2.45, 2.75) is 10.6 Å². The minimum atomic E-state index is -0.367. The summed E-state index contributed by atoms with van der Waals surface area (Å²) in [4.78, 5) is 1.04. The number of nitrogen functional groups attached to an aromatic ring is 1. The number of para-hydroxylation sites is 1. The van der Waals surface area contributed by atoms with Crippen LogP contribution < -0.4 is 10.5 Å². The molecule has 0 aliphatic heterocycles. The minimum Gasteiger partial charge on any atom is -0.496 e. The molecule has 94 valence electrons. The second-order valence-corrected chi connectivity index (χ2v) is 4.81. The molecule has 0 radical (unpaired) electrons. The fourth-order valence-electron chi connectivity index (χ4n) is 1.56. The van der Waals surface area contributed by atoms with E-state index in [2.05, 4.69) is 0 Å². The van der Waals surface area contributed by atoms with E-state index in [0.29, 0.717) is 5.75 Å². The second kappa shape index (κ2) is 5.78. The number of methoxy groups -OCH3 is 1. The molecule has 0 spiro atoms. The van der Waals surface area contributed by atoms with Gasteiger partial charge in [0.05, 0.1) is 12.8 Å². The van der Waals surface area contributed by atoms with E-state index in [1.165, 1.54) is 6.07 Å². The van der Waals surface area contributed by atoms with Crippen LogP contribution in [0.4, 0.5) is 10.1 Å². The Morgan fingerprint density at radius 3 is 2.72 bits per heavy atom. The molecule has 0 amide bonds. The molecule has 0 saturated carbocycles. The maximum atomic E-state index is 13.3. The van der Waals surface area contributed by atoms with E-state index in [9.17, 15) is 4.39 Å². The molecular formula is C14H14FNOS. The summed E-state index contributed by atoms with van der Waals surface area (Å²) in [6.45, 7) is 0. The fourth-order valence-corrected chi connectivity index (χ4v) is 2.53. The first-order valence-electron chi connectivity index (χ1n) is 5.50. The van der Waals surface area contributed by atoms with E-state index >= 15 is 0 Å². The number of halogens is 1. The third-order valence-electron chi connectivity index (χ3n) is 2.53. The standard InChI is InChI=1S/C14H14FNOS/c1-17-13-4-2-3-5-14(13)18-9-10-6-7-12(16)11(15)8-10/h2-8H,9,16H2,1H3. The van der Waals surface area contributed by atoms with Crippen LogP contribution in [0.25, 0.3) is 0 Å². The van der Waals surface area contributed by atoms with Crippen LogP contribution in [-0.2, 0) is 5.75 Å². The Hall–Kier alpha value is -1.68. The van der Waals surface area contributed by atoms with Gasteiger partial charge in [-0.1, -0.05) is 18.2 Å². The molecule has 2 aromatic rings. The number of hydrogen-bond acceptors (Lipinski definition) is 3. The monoisotopic (exact) mass is 263 g/mol. The van der Waals surface area contributed by atoms with Gasteiger partial charge < -0.3 is 10.5 Å². The van der Waals surface area contributed by atoms with Crippen LogP contribution >= 0.6 is 11.8 Å². The zero-order chi connectivity index (χ0) is 13.0. The highest BCUT2D eigenvalue weighted by Gasteiger charge is 2.04. The van der Waals surface area contributed by atoms with Crippen molar-refractivity contribution >= 4 is 17.4 Å². The molecule has 0 unspecified atom stereocenters. The van der Waals surface area contributed by atoms with Crippen LogP contribution in [0.5, 0.6) is 5.75 Å². The number of nitrogens with two attached hydrogens (primary N) is 1. The molecule has 0 aromatic heterocycles. The highest BCUT2D eigenvalue weighted by atomic mass is 32.2. The maximum Gasteiger partial charge on any atom is 0.146 e. The average molecular weight is 263 g/mol. The minimum absolute atomic E-state index is 0.182. The highest BCUT2D eigenvalue weighted by Crippen LogP contribution is 2.31. The Balaban J connectivity index is 2.09. The SMILES string of the molecule is COc1ccccc1SCc1ccc(N)c(F)c1. The normalized spacial score (nSPS) is 10.3.